The number of nitrogens with zero attached hydrogens (tertiary/aromatic N) is 1. The molecule has 13 heavy (non-hydrogen) atoms. The number of oxime groups is 1. The van der Waals surface area contributed by atoms with Gasteiger partial charge in [-0.15, -0.1) is 0 Å². The molecule has 1 heterocycles. The molecule has 0 aromatic heterocycles. The average Bonchev–Trinajstić information content (AvgIpc) is 2.49. The zero-order chi connectivity index (χ0) is 9.26. The van der Waals surface area contributed by atoms with Crippen LogP contribution in [0, 0.1) is 6.92 Å². The number of ether oxygens (including phenoxy) is 1. The molecule has 0 spiro atoms. The van der Waals surface area contributed by atoms with Gasteiger partial charge in [0.25, 0.3) is 5.90 Å². The van der Waals surface area contributed by atoms with Gasteiger partial charge in [0.1, 0.15) is 13.7 Å². The minimum Gasteiger partial charge on any atom is -0.470 e. The largest absolute Gasteiger partial charge is 0.470 e. The Labute approximate surface area is 77.0 Å². The van der Waals surface area contributed by atoms with Crippen LogP contribution >= 0.6 is 0 Å². The van der Waals surface area contributed by atoms with Crippen LogP contribution in [0.15, 0.2) is 23.4 Å². The summed E-state index contributed by atoms with van der Waals surface area (Å²) < 4.78 is 5.34. The number of hydrogen-bond acceptors (Lipinski definition) is 3. The van der Waals surface area contributed by atoms with Crippen molar-refractivity contribution in [2.45, 2.75) is 13.5 Å². The maximum atomic E-state index is 5.34. The topological polar surface area (TPSA) is 30.8 Å². The smallest absolute Gasteiger partial charge is 0.258 e. The van der Waals surface area contributed by atoms with Gasteiger partial charge in [-0.3, -0.25) is 0 Å². The third-order valence-electron chi connectivity index (χ3n) is 2.03. The molecule has 68 valence electrons. The van der Waals surface area contributed by atoms with E-state index in [2.05, 4.69) is 23.0 Å². The Morgan fingerprint density at radius 1 is 1.46 bits per heavy atom. The standard InChI is InChI=1S/C10H11NO2/c1-7-3-4-9-8(5-7)6-13-10(9)11-12-2/h3-5H,6H2,1-2H3/b11-10-. The SMILES string of the molecule is CO/N=C1\OCc2cc(C)ccc21. The maximum Gasteiger partial charge on any atom is 0.258 e. The van der Waals surface area contributed by atoms with Gasteiger partial charge in [0.2, 0.25) is 0 Å². The van der Waals surface area contributed by atoms with E-state index in [0.29, 0.717) is 12.5 Å². The first-order valence-electron chi connectivity index (χ1n) is 4.15. The van der Waals surface area contributed by atoms with E-state index in [0.717, 1.165) is 5.56 Å². The molecule has 0 atom stereocenters. The minimum atomic E-state index is 0.581. The molecule has 1 aliphatic rings. The highest BCUT2D eigenvalue weighted by Crippen LogP contribution is 2.21. The molecular weight excluding hydrogens is 166 g/mol. The van der Waals surface area contributed by atoms with Gasteiger partial charge < -0.3 is 9.57 Å². The lowest BCUT2D eigenvalue weighted by Gasteiger charge is -1.97. The molecule has 1 aromatic carbocycles. The van der Waals surface area contributed by atoms with Gasteiger partial charge in [0.05, 0.1) is 0 Å². The number of benzene rings is 1. The van der Waals surface area contributed by atoms with E-state index in [1.54, 1.807) is 0 Å². The lowest BCUT2D eigenvalue weighted by atomic mass is 10.1. The van der Waals surface area contributed by atoms with E-state index in [4.69, 9.17) is 4.74 Å². The molecule has 0 amide bonds. The third kappa shape index (κ3) is 1.37. The maximum absolute atomic E-state index is 5.34. The minimum absolute atomic E-state index is 0.581. The quantitative estimate of drug-likeness (QED) is 0.613. The van der Waals surface area contributed by atoms with Crippen molar-refractivity contribution in [3.63, 3.8) is 0 Å². The second-order valence-electron chi connectivity index (χ2n) is 3.03. The van der Waals surface area contributed by atoms with Crippen LogP contribution in [-0.2, 0) is 16.2 Å². The summed E-state index contributed by atoms with van der Waals surface area (Å²) in [7, 11) is 1.52. The summed E-state index contributed by atoms with van der Waals surface area (Å²) in [5, 5.41) is 3.79. The Morgan fingerprint density at radius 3 is 3.08 bits per heavy atom. The van der Waals surface area contributed by atoms with Crippen molar-refractivity contribution in [3.8, 4) is 0 Å². The average molecular weight is 177 g/mol. The van der Waals surface area contributed by atoms with Crippen molar-refractivity contribution in [2.24, 2.45) is 5.16 Å². The Morgan fingerprint density at radius 2 is 2.31 bits per heavy atom. The van der Waals surface area contributed by atoms with Crippen molar-refractivity contribution >= 4 is 5.90 Å². The first-order valence-corrected chi connectivity index (χ1v) is 4.15. The molecule has 0 N–H and O–H groups in total. The molecule has 3 heteroatoms. The Bertz CT molecular complexity index is 358. The summed E-state index contributed by atoms with van der Waals surface area (Å²) in [5.41, 5.74) is 3.45. The fourth-order valence-electron chi connectivity index (χ4n) is 1.43. The van der Waals surface area contributed by atoms with Crippen LogP contribution in [0.2, 0.25) is 0 Å². The van der Waals surface area contributed by atoms with Crippen molar-refractivity contribution in [1.82, 2.24) is 0 Å². The number of rotatable bonds is 1. The normalized spacial score (nSPS) is 16.9. The molecule has 0 saturated carbocycles. The number of aryl methyl sites for hydroxylation is 1. The highest BCUT2D eigenvalue weighted by atomic mass is 16.6. The molecule has 0 saturated heterocycles. The predicted octanol–water partition coefficient (Wildman–Crippen LogP) is 1.83. The van der Waals surface area contributed by atoms with E-state index in [9.17, 15) is 0 Å². The molecule has 0 bridgehead atoms. The zero-order valence-electron chi connectivity index (χ0n) is 7.70. The third-order valence-corrected chi connectivity index (χ3v) is 2.03. The summed E-state index contributed by atoms with van der Waals surface area (Å²) in [4.78, 5) is 4.68. The van der Waals surface area contributed by atoms with E-state index in [-0.39, 0.29) is 0 Å². The van der Waals surface area contributed by atoms with E-state index in [1.807, 2.05) is 12.1 Å². The van der Waals surface area contributed by atoms with Crippen molar-refractivity contribution in [2.75, 3.05) is 7.11 Å². The Kier molecular flexibility index (Phi) is 1.93. The number of fused-ring (bicyclic) bond motifs is 1. The van der Waals surface area contributed by atoms with Crippen LogP contribution in [0.25, 0.3) is 0 Å². The summed E-state index contributed by atoms with van der Waals surface area (Å²) in [5.74, 6) is 0.581. The first-order chi connectivity index (χ1) is 6.31. The Hall–Kier alpha value is -1.51. The van der Waals surface area contributed by atoms with Crippen LogP contribution in [-0.4, -0.2) is 13.0 Å². The van der Waals surface area contributed by atoms with Crippen LogP contribution < -0.4 is 0 Å². The van der Waals surface area contributed by atoms with Crippen LogP contribution in [0.1, 0.15) is 16.7 Å². The highest BCUT2D eigenvalue weighted by molar-refractivity contribution is 5.97. The monoisotopic (exact) mass is 177 g/mol. The summed E-state index contributed by atoms with van der Waals surface area (Å²) in [6, 6.07) is 6.15. The van der Waals surface area contributed by atoms with Gasteiger partial charge in [-0.2, -0.15) is 0 Å². The van der Waals surface area contributed by atoms with E-state index in [1.165, 1.54) is 18.2 Å². The van der Waals surface area contributed by atoms with Crippen LogP contribution in [0.5, 0.6) is 0 Å². The lowest BCUT2D eigenvalue weighted by molar-refractivity contribution is 0.193. The molecule has 1 aliphatic heterocycles. The van der Waals surface area contributed by atoms with Gasteiger partial charge in [-0.05, 0) is 18.1 Å². The Balaban J connectivity index is 2.44. The molecule has 3 nitrogen and oxygen atoms in total. The van der Waals surface area contributed by atoms with Gasteiger partial charge in [0, 0.05) is 11.1 Å². The molecule has 2 rings (SSSR count). The second-order valence-corrected chi connectivity index (χ2v) is 3.03. The van der Waals surface area contributed by atoms with Gasteiger partial charge >= 0.3 is 0 Å². The van der Waals surface area contributed by atoms with Crippen molar-refractivity contribution < 1.29 is 9.57 Å². The van der Waals surface area contributed by atoms with Crippen molar-refractivity contribution in [3.05, 3.63) is 34.9 Å². The fourth-order valence-corrected chi connectivity index (χ4v) is 1.43. The van der Waals surface area contributed by atoms with Gasteiger partial charge in [-0.1, -0.05) is 17.7 Å². The van der Waals surface area contributed by atoms with E-state index >= 15 is 0 Å². The second kappa shape index (κ2) is 3.09. The van der Waals surface area contributed by atoms with Gasteiger partial charge in [0.15, 0.2) is 0 Å². The first kappa shape index (κ1) is 8.10. The predicted molar refractivity (Wildman–Crippen MR) is 49.5 cm³/mol. The molecule has 0 unspecified atom stereocenters. The molecule has 0 radical (unpaired) electrons. The summed E-state index contributed by atoms with van der Waals surface area (Å²) in [6.45, 7) is 2.66. The summed E-state index contributed by atoms with van der Waals surface area (Å²) in [6.07, 6.45) is 0. The highest BCUT2D eigenvalue weighted by Gasteiger charge is 2.19. The molecule has 0 aliphatic carbocycles. The van der Waals surface area contributed by atoms with Crippen LogP contribution in [0.3, 0.4) is 0 Å². The fraction of sp³-hybridized carbons (Fsp3) is 0.300. The molecular formula is C10H11NO2. The summed E-state index contributed by atoms with van der Waals surface area (Å²) >= 11 is 0. The van der Waals surface area contributed by atoms with Crippen LogP contribution in [0.4, 0.5) is 0 Å². The van der Waals surface area contributed by atoms with Crippen molar-refractivity contribution in [1.29, 1.82) is 0 Å². The van der Waals surface area contributed by atoms with Gasteiger partial charge in [-0.25, -0.2) is 0 Å². The zero-order valence-corrected chi connectivity index (χ0v) is 7.70. The molecule has 1 aromatic rings. The number of hydrogen-bond donors (Lipinski definition) is 0. The lowest BCUT2D eigenvalue weighted by Crippen LogP contribution is -1.97. The molecule has 0 fully saturated rings. The van der Waals surface area contributed by atoms with E-state index < -0.39 is 0 Å².